The summed E-state index contributed by atoms with van der Waals surface area (Å²) in [6, 6.07) is 2.57. The predicted octanol–water partition coefficient (Wildman–Crippen LogP) is 3.96. The number of carbonyl (C=O) groups is 1. The number of benzene rings is 1. The third-order valence-corrected chi connectivity index (χ3v) is 5.15. The molecule has 2 rings (SSSR count). The Balaban J connectivity index is 2.11. The van der Waals surface area contributed by atoms with Crippen LogP contribution in [0.2, 0.25) is 0 Å². The summed E-state index contributed by atoms with van der Waals surface area (Å²) in [5.74, 6) is 0.119. The van der Waals surface area contributed by atoms with Crippen molar-refractivity contribution in [1.29, 1.82) is 0 Å². The van der Waals surface area contributed by atoms with Crippen molar-refractivity contribution in [3.8, 4) is 0 Å². The molecule has 0 spiro atoms. The summed E-state index contributed by atoms with van der Waals surface area (Å²) in [5, 5.41) is 11.3. The topological polar surface area (TPSA) is 75.9 Å². The number of methoxy groups -OCH3 is 1. The van der Waals surface area contributed by atoms with Gasteiger partial charge in [0, 0.05) is 45.3 Å². The largest absolute Gasteiger partial charge is 0.416 e. The van der Waals surface area contributed by atoms with Gasteiger partial charge in [-0.25, -0.2) is 0 Å². The minimum absolute atomic E-state index is 0.0299. The third-order valence-electron chi connectivity index (χ3n) is 5.15. The zero-order valence-electron chi connectivity index (χ0n) is 17.4. The summed E-state index contributed by atoms with van der Waals surface area (Å²) in [6.07, 6.45) is -3.68. The lowest BCUT2D eigenvalue weighted by Crippen LogP contribution is -2.45. The molecule has 0 aliphatic carbocycles. The van der Waals surface area contributed by atoms with Gasteiger partial charge in [0.2, 0.25) is 5.91 Å². The first-order chi connectivity index (χ1) is 14.0. The summed E-state index contributed by atoms with van der Waals surface area (Å²) in [6.45, 7) is 6.34. The van der Waals surface area contributed by atoms with Crippen LogP contribution in [0.25, 0.3) is 0 Å². The third kappa shape index (κ3) is 6.07. The number of rotatable bonds is 8. The molecule has 0 unspecified atom stereocenters. The number of alkyl halides is 3. The first kappa shape index (κ1) is 23.9. The fourth-order valence-corrected chi connectivity index (χ4v) is 3.67. The Morgan fingerprint density at radius 1 is 1.33 bits per heavy atom. The average molecular weight is 431 g/mol. The van der Waals surface area contributed by atoms with Gasteiger partial charge in [-0.2, -0.15) is 13.2 Å². The fourth-order valence-electron chi connectivity index (χ4n) is 3.67. The summed E-state index contributed by atoms with van der Waals surface area (Å²) < 4.78 is 43.8. The van der Waals surface area contributed by atoms with Crippen LogP contribution in [-0.2, 0) is 15.7 Å². The first-order valence-electron chi connectivity index (χ1n) is 9.93. The highest BCUT2D eigenvalue weighted by Crippen LogP contribution is 2.37. The standard InChI is InChI=1S/C20H28F3N3O4/c1-14(2)13-25(10-11-30-3)19(27)15-6-8-24(9-7-15)17-5-4-16(20(21,22)23)12-18(17)26(28)29/h4-5,12,14-15H,6-11,13H2,1-3H3. The van der Waals surface area contributed by atoms with Gasteiger partial charge in [-0.15, -0.1) is 0 Å². The second kappa shape index (κ2) is 10.1. The molecule has 168 valence electrons. The average Bonchev–Trinajstić information content (AvgIpc) is 2.69. The number of amides is 1. The van der Waals surface area contributed by atoms with Gasteiger partial charge >= 0.3 is 6.18 Å². The zero-order valence-corrected chi connectivity index (χ0v) is 17.4. The van der Waals surface area contributed by atoms with Gasteiger partial charge in [-0.3, -0.25) is 14.9 Å². The van der Waals surface area contributed by atoms with Crippen molar-refractivity contribution in [2.45, 2.75) is 32.9 Å². The maximum absolute atomic E-state index is 12.9. The summed E-state index contributed by atoms with van der Waals surface area (Å²) in [5.41, 5.74) is -1.47. The van der Waals surface area contributed by atoms with Gasteiger partial charge in [0.05, 0.1) is 17.1 Å². The molecule has 0 atom stereocenters. The number of hydrogen-bond acceptors (Lipinski definition) is 5. The second-order valence-corrected chi connectivity index (χ2v) is 7.89. The molecule has 0 saturated carbocycles. The van der Waals surface area contributed by atoms with E-state index in [1.165, 1.54) is 0 Å². The Morgan fingerprint density at radius 2 is 1.97 bits per heavy atom. The lowest BCUT2D eigenvalue weighted by molar-refractivity contribution is -0.384. The maximum Gasteiger partial charge on any atom is 0.416 e. The monoisotopic (exact) mass is 431 g/mol. The SMILES string of the molecule is COCCN(CC(C)C)C(=O)C1CCN(c2ccc(C(F)(F)F)cc2[N+](=O)[O-])CC1. The van der Waals surface area contributed by atoms with Crippen LogP contribution in [0.1, 0.15) is 32.3 Å². The minimum Gasteiger partial charge on any atom is -0.383 e. The van der Waals surface area contributed by atoms with Crippen molar-refractivity contribution >= 4 is 17.3 Å². The molecule has 1 aromatic carbocycles. The highest BCUT2D eigenvalue weighted by molar-refractivity contribution is 5.79. The highest BCUT2D eigenvalue weighted by Gasteiger charge is 2.35. The maximum atomic E-state index is 12.9. The smallest absolute Gasteiger partial charge is 0.383 e. The van der Waals surface area contributed by atoms with Gasteiger partial charge in [-0.05, 0) is 30.9 Å². The Hall–Kier alpha value is -2.36. The zero-order chi connectivity index (χ0) is 22.5. The van der Waals surface area contributed by atoms with E-state index in [4.69, 9.17) is 4.74 Å². The van der Waals surface area contributed by atoms with Crippen LogP contribution in [0.5, 0.6) is 0 Å². The molecule has 1 aliphatic heterocycles. The molecule has 0 aromatic heterocycles. The van der Waals surface area contributed by atoms with E-state index >= 15 is 0 Å². The van der Waals surface area contributed by atoms with Crippen LogP contribution >= 0.6 is 0 Å². The van der Waals surface area contributed by atoms with Crippen LogP contribution in [0.4, 0.5) is 24.5 Å². The molecule has 1 amide bonds. The van der Waals surface area contributed by atoms with Crippen molar-refractivity contribution in [2.24, 2.45) is 11.8 Å². The Labute approximate surface area is 173 Å². The van der Waals surface area contributed by atoms with Crippen LogP contribution in [-0.4, -0.2) is 55.6 Å². The number of anilines is 1. The quantitative estimate of drug-likeness (QED) is 0.460. The lowest BCUT2D eigenvalue weighted by atomic mass is 9.94. The van der Waals surface area contributed by atoms with Crippen molar-refractivity contribution < 1.29 is 27.6 Å². The molecule has 0 radical (unpaired) electrons. The van der Waals surface area contributed by atoms with Crippen LogP contribution in [0.3, 0.4) is 0 Å². The molecule has 1 heterocycles. The molecular weight excluding hydrogens is 403 g/mol. The Kier molecular flexibility index (Phi) is 8.05. The number of nitrogens with zero attached hydrogens (tertiary/aromatic N) is 3. The van der Waals surface area contributed by atoms with Gasteiger partial charge in [0.25, 0.3) is 5.69 Å². The van der Waals surface area contributed by atoms with Crippen LogP contribution in [0.15, 0.2) is 18.2 Å². The molecule has 1 aliphatic rings. The van der Waals surface area contributed by atoms with E-state index in [0.29, 0.717) is 57.6 Å². The number of nitro groups is 1. The highest BCUT2D eigenvalue weighted by atomic mass is 19.4. The lowest BCUT2D eigenvalue weighted by Gasteiger charge is -2.35. The summed E-state index contributed by atoms with van der Waals surface area (Å²) >= 11 is 0. The van der Waals surface area contributed by atoms with Crippen molar-refractivity contribution in [3.05, 3.63) is 33.9 Å². The van der Waals surface area contributed by atoms with Crippen LogP contribution < -0.4 is 4.90 Å². The number of piperidine rings is 1. The molecule has 1 saturated heterocycles. The van der Waals surface area contributed by atoms with Crippen molar-refractivity contribution in [2.75, 3.05) is 44.8 Å². The minimum atomic E-state index is -4.65. The van der Waals surface area contributed by atoms with E-state index < -0.39 is 22.4 Å². The molecular formula is C20H28F3N3O4. The van der Waals surface area contributed by atoms with Gasteiger partial charge in [-0.1, -0.05) is 13.8 Å². The Morgan fingerprint density at radius 3 is 2.47 bits per heavy atom. The fraction of sp³-hybridized carbons (Fsp3) is 0.650. The number of hydrogen-bond donors (Lipinski definition) is 0. The molecule has 0 N–H and O–H groups in total. The second-order valence-electron chi connectivity index (χ2n) is 7.89. The normalized spacial score (nSPS) is 15.5. The molecule has 7 nitrogen and oxygen atoms in total. The number of nitro benzene ring substituents is 1. The van der Waals surface area contributed by atoms with E-state index in [9.17, 15) is 28.1 Å². The van der Waals surface area contributed by atoms with E-state index in [0.717, 1.165) is 12.1 Å². The molecule has 1 fully saturated rings. The number of halogens is 3. The van der Waals surface area contributed by atoms with E-state index in [1.807, 2.05) is 13.8 Å². The van der Waals surface area contributed by atoms with Crippen LogP contribution in [0, 0.1) is 22.0 Å². The summed E-state index contributed by atoms with van der Waals surface area (Å²) in [7, 11) is 1.58. The summed E-state index contributed by atoms with van der Waals surface area (Å²) in [4.78, 5) is 27.0. The van der Waals surface area contributed by atoms with Gasteiger partial charge in [0.15, 0.2) is 0 Å². The van der Waals surface area contributed by atoms with Gasteiger partial charge in [0.1, 0.15) is 5.69 Å². The molecule has 10 heteroatoms. The molecule has 0 bridgehead atoms. The van der Waals surface area contributed by atoms with E-state index in [2.05, 4.69) is 0 Å². The van der Waals surface area contributed by atoms with Crippen molar-refractivity contribution in [1.82, 2.24) is 4.90 Å². The van der Waals surface area contributed by atoms with E-state index in [-0.39, 0.29) is 17.5 Å². The van der Waals surface area contributed by atoms with Crippen molar-refractivity contribution in [3.63, 3.8) is 0 Å². The van der Waals surface area contributed by atoms with E-state index in [1.54, 1.807) is 16.9 Å². The number of ether oxygens (including phenoxy) is 1. The van der Waals surface area contributed by atoms with Gasteiger partial charge < -0.3 is 14.5 Å². The predicted molar refractivity (Wildman–Crippen MR) is 106 cm³/mol. The number of carbonyl (C=O) groups excluding carboxylic acids is 1. The molecule has 30 heavy (non-hydrogen) atoms. The molecule has 1 aromatic rings. The Bertz CT molecular complexity index is 747. The first-order valence-corrected chi connectivity index (χ1v) is 9.93.